The molecule has 0 aliphatic rings. The number of carbonyl (C=O) groups excluding carboxylic acids is 1. The molecule has 22 heavy (non-hydrogen) atoms. The molecule has 0 bridgehead atoms. The number of ketones is 1. The van der Waals surface area contributed by atoms with Crippen LogP contribution in [0.5, 0.6) is 5.75 Å². The summed E-state index contributed by atoms with van der Waals surface area (Å²) in [7, 11) is 0. The third-order valence-electron chi connectivity index (χ3n) is 3.03. The fraction of sp³-hybridized carbons (Fsp3) is 0.188. The molecule has 0 amide bonds. The van der Waals surface area contributed by atoms with Crippen molar-refractivity contribution >= 4 is 5.78 Å². The monoisotopic (exact) mass is 310 g/mol. The van der Waals surface area contributed by atoms with Crippen molar-refractivity contribution in [2.24, 2.45) is 0 Å². The van der Waals surface area contributed by atoms with Gasteiger partial charge in [0.05, 0.1) is 5.56 Å². The number of hydrogen-bond donors (Lipinski definition) is 1. The minimum absolute atomic E-state index is 0.00640. The Kier molecular flexibility index (Phi) is 4.82. The zero-order chi connectivity index (χ0) is 16.3. The van der Waals surface area contributed by atoms with Gasteiger partial charge in [-0.1, -0.05) is 0 Å². The first-order valence-corrected chi connectivity index (χ1v) is 6.45. The topological polar surface area (TPSA) is 46.5 Å². The van der Waals surface area contributed by atoms with Gasteiger partial charge in [-0.25, -0.2) is 13.2 Å². The van der Waals surface area contributed by atoms with E-state index in [1.54, 1.807) is 0 Å². The summed E-state index contributed by atoms with van der Waals surface area (Å²) in [5, 5.41) is 9.88. The highest BCUT2D eigenvalue weighted by Gasteiger charge is 2.16. The maximum atomic E-state index is 13.5. The van der Waals surface area contributed by atoms with Crippen molar-refractivity contribution in [1.82, 2.24) is 0 Å². The van der Waals surface area contributed by atoms with Crippen molar-refractivity contribution in [2.75, 3.05) is 6.61 Å². The van der Waals surface area contributed by atoms with E-state index in [0.717, 1.165) is 30.3 Å². The summed E-state index contributed by atoms with van der Waals surface area (Å²) < 4.78 is 45.0. The van der Waals surface area contributed by atoms with Crippen LogP contribution in [0.1, 0.15) is 28.9 Å². The van der Waals surface area contributed by atoms with Gasteiger partial charge in [-0.2, -0.15) is 0 Å². The molecule has 0 saturated carbocycles. The fourth-order valence-electron chi connectivity index (χ4n) is 1.93. The molecular weight excluding hydrogens is 297 g/mol. The predicted molar refractivity (Wildman–Crippen MR) is 73.2 cm³/mol. The van der Waals surface area contributed by atoms with Crippen molar-refractivity contribution in [3.8, 4) is 5.75 Å². The summed E-state index contributed by atoms with van der Waals surface area (Å²) in [5.41, 5.74) is -0.251. The lowest BCUT2D eigenvalue weighted by atomic mass is 10.1. The third-order valence-corrected chi connectivity index (χ3v) is 3.03. The highest BCUT2D eigenvalue weighted by molar-refractivity contribution is 5.96. The van der Waals surface area contributed by atoms with Crippen molar-refractivity contribution < 1.29 is 27.8 Å². The Hall–Kier alpha value is -2.34. The SMILES string of the molecule is CC(=O)c1cc(F)ccc1OCC(O)c1cc(F)ccc1F. The van der Waals surface area contributed by atoms with Gasteiger partial charge in [-0.15, -0.1) is 0 Å². The van der Waals surface area contributed by atoms with Crippen molar-refractivity contribution in [3.05, 3.63) is 65.0 Å². The lowest BCUT2D eigenvalue weighted by Crippen LogP contribution is -2.13. The van der Waals surface area contributed by atoms with Crippen LogP contribution >= 0.6 is 0 Å². The molecule has 2 aromatic rings. The van der Waals surface area contributed by atoms with Crippen LogP contribution in [-0.2, 0) is 0 Å². The number of hydrogen-bond acceptors (Lipinski definition) is 3. The Morgan fingerprint density at radius 1 is 1.14 bits per heavy atom. The van der Waals surface area contributed by atoms with Gasteiger partial charge in [0.1, 0.15) is 35.9 Å². The maximum absolute atomic E-state index is 13.5. The second-order valence-electron chi connectivity index (χ2n) is 4.69. The summed E-state index contributed by atoms with van der Waals surface area (Å²) in [6.07, 6.45) is -1.43. The molecule has 0 saturated heterocycles. The van der Waals surface area contributed by atoms with Crippen molar-refractivity contribution in [2.45, 2.75) is 13.0 Å². The van der Waals surface area contributed by atoms with Crippen LogP contribution in [0.4, 0.5) is 13.2 Å². The van der Waals surface area contributed by atoms with Crippen LogP contribution in [-0.4, -0.2) is 17.5 Å². The van der Waals surface area contributed by atoms with Crippen LogP contribution < -0.4 is 4.74 Å². The first-order valence-electron chi connectivity index (χ1n) is 6.45. The Morgan fingerprint density at radius 2 is 1.77 bits per heavy atom. The molecule has 0 spiro atoms. The van der Waals surface area contributed by atoms with E-state index >= 15 is 0 Å². The number of aliphatic hydroxyl groups excluding tert-OH is 1. The highest BCUT2D eigenvalue weighted by Crippen LogP contribution is 2.23. The standard InChI is InChI=1S/C16H13F3O3/c1-9(20)12-6-11(18)3-5-16(12)22-8-15(21)13-7-10(17)2-4-14(13)19/h2-7,15,21H,8H2,1H3. The van der Waals surface area contributed by atoms with Crippen LogP contribution in [0.3, 0.4) is 0 Å². The molecular formula is C16H13F3O3. The Bertz CT molecular complexity index is 701. The number of aliphatic hydroxyl groups is 1. The maximum Gasteiger partial charge on any atom is 0.163 e. The lowest BCUT2D eigenvalue weighted by molar-refractivity contribution is 0.0966. The smallest absolute Gasteiger partial charge is 0.163 e. The van der Waals surface area contributed by atoms with E-state index in [2.05, 4.69) is 0 Å². The van der Waals surface area contributed by atoms with Gasteiger partial charge < -0.3 is 9.84 Å². The van der Waals surface area contributed by atoms with Gasteiger partial charge in [-0.05, 0) is 43.3 Å². The number of carbonyl (C=O) groups is 1. The third kappa shape index (κ3) is 3.65. The Labute approximate surface area is 125 Å². The van der Waals surface area contributed by atoms with Crippen LogP contribution in [0.2, 0.25) is 0 Å². The van der Waals surface area contributed by atoms with Gasteiger partial charge >= 0.3 is 0 Å². The predicted octanol–water partition coefficient (Wildman–Crippen LogP) is 3.42. The minimum Gasteiger partial charge on any atom is -0.490 e. The molecule has 0 aliphatic carbocycles. The lowest BCUT2D eigenvalue weighted by Gasteiger charge is -2.15. The molecule has 2 rings (SSSR count). The summed E-state index contributed by atoms with van der Waals surface area (Å²) in [6, 6.07) is 6.03. The molecule has 0 aliphatic heterocycles. The molecule has 0 fully saturated rings. The molecule has 1 N–H and O–H groups in total. The van der Waals surface area contributed by atoms with E-state index in [9.17, 15) is 23.1 Å². The van der Waals surface area contributed by atoms with E-state index in [0.29, 0.717) is 0 Å². The van der Waals surface area contributed by atoms with E-state index in [-0.39, 0.29) is 16.9 Å². The van der Waals surface area contributed by atoms with Gasteiger partial charge in [-0.3, -0.25) is 4.79 Å². The average molecular weight is 310 g/mol. The summed E-state index contributed by atoms with van der Waals surface area (Å²) in [5.74, 6) is -2.43. The normalized spacial score (nSPS) is 12.0. The molecule has 1 unspecified atom stereocenters. The van der Waals surface area contributed by atoms with Crippen LogP contribution in [0.15, 0.2) is 36.4 Å². The minimum atomic E-state index is -1.43. The second kappa shape index (κ2) is 6.62. The number of halogens is 3. The van der Waals surface area contributed by atoms with E-state index in [4.69, 9.17) is 4.74 Å². The second-order valence-corrected chi connectivity index (χ2v) is 4.69. The summed E-state index contributed by atoms with van der Waals surface area (Å²) in [4.78, 5) is 11.4. The number of rotatable bonds is 5. The Morgan fingerprint density at radius 3 is 2.45 bits per heavy atom. The molecule has 6 heteroatoms. The van der Waals surface area contributed by atoms with Gasteiger partial charge in [0.25, 0.3) is 0 Å². The largest absolute Gasteiger partial charge is 0.490 e. The zero-order valence-corrected chi connectivity index (χ0v) is 11.6. The molecule has 3 nitrogen and oxygen atoms in total. The molecule has 1 atom stereocenters. The van der Waals surface area contributed by atoms with Crippen LogP contribution in [0.25, 0.3) is 0 Å². The van der Waals surface area contributed by atoms with E-state index in [1.807, 2.05) is 0 Å². The van der Waals surface area contributed by atoms with Crippen LogP contribution in [0, 0.1) is 17.5 Å². The van der Waals surface area contributed by atoms with Gasteiger partial charge in [0, 0.05) is 5.56 Å². The first-order chi connectivity index (χ1) is 10.4. The van der Waals surface area contributed by atoms with Gasteiger partial charge in [0.2, 0.25) is 0 Å². The summed E-state index contributed by atoms with van der Waals surface area (Å²) >= 11 is 0. The molecule has 0 heterocycles. The van der Waals surface area contributed by atoms with Crippen molar-refractivity contribution in [3.63, 3.8) is 0 Å². The molecule has 0 aromatic heterocycles. The summed E-state index contributed by atoms with van der Waals surface area (Å²) in [6.45, 7) is 0.830. The average Bonchev–Trinajstić information content (AvgIpc) is 2.48. The highest BCUT2D eigenvalue weighted by atomic mass is 19.1. The number of Topliss-reactive ketones (excluding diaryl/α,β-unsaturated/α-hetero) is 1. The van der Waals surface area contributed by atoms with Gasteiger partial charge in [0.15, 0.2) is 5.78 Å². The quantitative estimate of drug-likeness (QED) is 0.861. The molecule has 2 aromatic carbocycles. The zero-order valence-electron chi connectivity index (χ0n) is 11.6. The molecule has 0 radical (unpaired) electrons. The fourth-order valence-corrected chi connectivity index (χ4v) is 1.93. The van der Waals surface area contributed by atoms with E-state index in [1.165, 1.54) is 13.0 Å². The Balaban J connectivity index is 2.16. The van der Waals surface area contributed by atoms with E-state index < -0.39 is 35.9 Å². The number of benzene rings is 2. The molecule has 116 valence electrons. The number of ether oxygens (including phenoxy) is 1. The first kappa shape index (κ1) is 16.0. The van der Waals surface area contributed by atoms with Crippen molar-refractivity contribution in [1.29, 1.82) is 0 Å².